The minimum absolute atomic E-state index is 0.178. The van der Waals surface area contributed by atoms with Crippen LogP contribution in [-0.2, 0) is 0 Å². The molecule has 0 spiro atoms. The molecule has 0 unspecified atom stereocenters. The number of carbonyl (C=O) groups excluding carboxylic acids is 1. The van der Waals surface area contributed by atoms with Gasteiger partial charge in [0.1, 0.15) is 5.75 Å². The van der Waals surface area contributed by atoms with E-state index < -0.39 is 0 Å². The number of ether oxygens (including phenoxy) is 1. The fourth-order valence-electron chi connectivity index (χ4n) is 2.86. The Balaban J connectivity index is 2.01. The van der Waals surface area contributed by atoms with Gasteiger partial charge in [-0.15, -0.1) is 0 Å². The molecular weight excluding hydrogens is 314 g/mol. The second kappa shape index (κ2) is 6.20. The van der Waals surface area contributed by atoms with E-state index in [0.717, 1.165) is 16.6 Å². The smallest absolute Gasteiger partial charge is 0.265 e. The summed E-state index contributed by atoms with van der Waals surface area (Å²) < 4.78 is 7.07. The van der Waals surface area contributed by atoms with Crippen molar-refractivity contribution >= 4 is 16.9 Å². The van der Waals surface area contributed by atoms with Crippen molar-refractivity contribution in [3.63, 3.8) is 0 Å². The maximum Gasteiger partial charge on any atom is 0.265 e. The van der Waals surface area contributed by atoms with Crippen molar-refractivity contribution in [2.24, 2.45) is 0 Å². The third-order valence-corrected chi connectivity index (χ3v) is 4.02. The van der Waals surface area contributed by atoms with Crippen LogP contribution in [0.1, 0.15) is 10.4 Å². The van der Waals surface area contributed by atoms with E-state index in [2.05, 4.69) is 9.97 Å². The zero-order valence-electron chi connectivity index (χ0n) is 13.6. The summed E-state index contributed by atoms with van der Waals surface area (Å²) in [6.45, 7) is 0. The molecule has 0 saturated heterocycles. The summed E-state index contributed by atoms with van der Waals surface area (Å²) >= 11 is 0. The second-order valence-corrected chi connectivity index (χ2v) is 5.51. The molecule has 5 heteroatoms. The number of aromatic nitrogens is 3. The predicted octanol–water partition coefficient (Wildman–Crippen LogP) is 3.80. The van der Waals surface area contributed by atoms with Gasteiger partial charge in [0.05, 0.1) is 29.3 Å². The van der Waals surface area contributed by atoms with Gasteiger partial charge in [-0.3, -0.25) is 14.3 Å². The summed E-state index contributed by atoms with van der Waals surface area (Å²) in [5, 5.41) is 0. The van der Waals surface area contributed by atoms with Crippen LogP contribution in [0.25, 0.3) is 22.4 Å². The molecule has 0 bridgehead atoms. The number of pyridine rings is 1. The molecule has 0 radical (unpaired) electrons. The first-order valence-corrected chi connectivity index (χ1v) is 7.85. The Morgan fingerprint density at radius 1 is 1.00 bits per heavy atom. The molecule has 25 heavy (non-hydrogen) atoms. The lowest BCUT2D eigenvalue weighted by Gasteiger charge is -2.10. The molecule has 0 saturated carbocycles. The van der Waals surface area contributed by atoms with E-state index in [1.165, 1.54) is 0 Å². The lowest BCUT2D eigenvalue weighted by atomic mass is 10.1. The third-order valence-electron chi connectivity index (χ3n) is 4.02. The lowest BCUT2D eigenvalue weighted by molar-refractivity contribution is 0.0966. The van der Waals surface area contributed by atoms with Gasteiger partial charge >= 0.3 is 0 Å². The minimum Gasteiger partial charge on any atom is -0.496 e. The van der Waals surface area contributed by atoms with Crippen LogP contribution in [0.15, 0.2) is 73.1 Å². The normalized spacial score (nSPS) is 10.8. The quantitative estimate of drug-likeness (QED) is 0.574. The van der Waals surface area contributed by atoms with Crippen molar-refractivity contribution in [1.82, 2.24) is 14.5 Å². The summed E-state index contributed by atoms with van der Waals surface area (Å²) in [6, 6.07) is 18.6. The Morgan fingerprint density at radius 3 is 2.60 bits per heavy atom. The average Bonchev–Trinajstić information content (AvgIpc) is 3.07. The molecule has 0 amide bonds. The monoisotopic (exact) mass is 329 g/mol. The van der Waals surface area contributed by atoms with Gasteiger partial charge in [-0.25, -0.2) is 4.98 Å². The molecule has 2 aromatic heterocycles. The Morgan fingerprint density at radius 2 is 1.80 bits per heavy atom. The van der Waals surface area contributed by atoms with Gasteiger partial charge in [0, 0.05) is 12.4 Å². The highest BCUT2D eigenvalue weighted by atomic mass is 16.5. The number of nitrogens with zero attached hydrogens (tertiary/aromatic N) is 3. The number of fused-ring (bicyclic) bond motifs is 1. The number of hydrogen-bond donors (Lipinski definition) is 0. The van der Waals surface area contributed by atoms with Crippen LogP contribution in [0.3, 0.4) is 0 Å². The number of para-hydroxylation sites is 3. The fraction of sp³-hybridized carbons (Fsp3) is 0.0500. The van der Waals surface area contributed by atoms with Crippen LogP contribution in [0.4, 0.5) is 0 Å². The van der Waals surface area contributed by atoms with Gasteiger partial charge in [0.2, 0.25) is 0 Å². The van der Waals surface area contributed by atoms with Gasteiger partial charge in [-0.05, 0) is 36.4 Å². The highest BCUT2D eigenvalue weighted by Crippen LogP contribution is 2.32. The molecule has 0 N–H and O–H groups in total. The van der Waals surface area contributed by atoms with Crippen LogP contribution >= 0.6 is 0 Å². The number of carbonyl (C=O) groups is 1. The van der Waals surface area contributed by atoms with Crippen LogP contribution in [0, 0.1) is 0 Å². The largest absolute Gasteiger partial charge is 0.496 e. The van der Waals surface area contributed by atoms with Crippen LogP contribution < -0.4 is 4.74 Å². The molecular formula is C20H15N3O2. The van der Waals surface area contributed by atoms with Gasteiger partial charge in [-0.1, -0.05) is 24.3 Å². The van der Waals surface area contributed by atoms with Crippen molar-refractivity contribution in [3.05, 3.63) is 78.6 Å². The van der Waals surface area contributed by atoms with E-state index >= 15 is 0 Å². The van der Waals surface area contributed by atoms with E-state index in [0.29, 0.717) is 17.1 Å². The first-order valence-electron chi connectivity index (χ1n) is 7.85. The number of benzene rings is 2. The molecule has 2 aromatic carbocycles. The standard InChI is InChI=1S/C20H15N3O2/c1-25-18-11-5-2-8-15(18)19-22-16-9-3-4-10-17(16)23(19)20(24)14-7-6-12-21-13-14/h2-13H,1H3. The van der Waals surface area contributed by atoms with Gasteiger partial charge < -0.3 is 4.74 Å². The van der Waals surface area contributed by atoms with E-state index in [4.69, 9.17) is 4.74 Å². The van der Waals surface area contributed by atoms with Gasteiger partial charge in [0.15, 0.2) is 5.82 Å². The summed E-state index contributed by atoms with van der Waals surface area (Å²) in [4.78, 5) is 21.9. The van der Waals surface area contributed by atoms with Crippen LogP contribution in [0.2, 0.25) is 0 Å². The Labute approximate surface area is 144 Å². The SMILES string of the molecule is COc1ccccc1-c1nc2ccccc2n1C(=O)c1cccnc1. The Hall–Kier alpha value is -3.47. The number of imidazole rings is 1. The Kier molecular flexibility index (Phi) is 3.74. The highest BCUT2D eigenvalue weighted by molar-refractivity contribution is 6.04. The zero-order valence-corrected chi connectivity index (χ0v) is 13.6. The average molecular weight is 329 g/mol. The van der Waals surface area contributed by atoms with Crippen molar-refractivity contribution in [1.29, 1.82) is 0 Å². The topological polar surface area (TPSA) is 57.0 Å². The zero-order chi connectivity index (χ0) is 17.2. The number of methoxy groups -OCH3 is 1. The van der Waals surface area contributed by atoms with Crippen LogP contribution in [-0.4, -0.2) is 27.6 Å². The molecule has 4 aromatic rings. The summed E-state index contributed by atoms with van der Waals surface area (Å²) in [6.07, 6.45) is 3.20. The van der Waals surface area contributed by atoms with Crippen molar-refractivity contribution in [2.45, 2.75) is 0 Å². The number of hydrogen-bond acceptors (Lipinski definition) is 4. The molecule has 0 aliphatic rings. The molecule has 122 valence electrons. The first kappa shape index (κ1) is 15.1. The molecule has 4 rings (SSSR count). The highest BCUT2D eigenvalue weighted by Gasteiger charge is 2.21. The van der Waals surface area contributed by atoms with E-state index in [9.17, 15) is 4.79 Å². The molecule has 5 nitrogen and oxygen atoms in total. The molecule has 2 heterocycles. The minimum atomic E-state index is -0.178. The van der Waals surface area contributed by atoms with Gasteiger partial charge in [-0.2, -0.15) is 0 Å². The second-order valence-electron chi connectivity index (χ2n) is 5.51. The van der Waals surface area contributed by atoms with E-state index in [1.807, 2.05) is 48.5 Å². The number of rotatable bonds is 3. The fourth-order valence-corrected chi connectivity index (χ4v) is 2.86. The summed E-state index contributed by atoms with van der Waals surface area (Å²) in [5.74, 6) is 1.04. The van der Waals surface area contributed by atoms with E-state index in [1.54, 1.807) is 36.2 Å². The molecule has 0 fully saturated rings. The summed E-state index contributed by atoms with van der Waals surface area (Å²) in [7, 11) is 1.61. The maximum absolute atomic E-state index is 13.2. The molecule has 0 aliphatic carbocycles. The van der Waals surface area contributed by atoms with E-state index in [-0.39, 0.29) is 5.91 Å². The van der Waals surface area contributed by atoms with Crippen molar-refractivity contribution < 1.29 is 9.53 Å². The lowest BCUT2D eigenvalue weighted by Crippen LogP contribution is -2.13. The van der Waals surface area contributed by atoms with Gasteiger partial charge in [0.25, 0.3) is 5.91 Å². The first-order chi connectivity index (χ1) is 12.3. The molecule has 0 atom stereocenters. The molecule has 0 aliphatic heterocycles. The van der Waals surface area contributed by atoms with Crippen molar-refractivity contribution in [2.75, 3.05) is 7.11 Å². The van der Waals surface area contributed by atoms with Crippen molar-refractivity contribution in [3.8, 4) is 17.1 Å². The maximum atomic E-state index is 13.2. The predicted molar refractivity (Wildman–Crippen MR) is 95.7 cm³/mol. The Bertz CT molecular complexity index is 1050. The third kappa shape index (κ3) is 2.55. The summed E-state index contributed by atoms with van der Waals surface area (Å²) in [5.41, 5.74) is 2.76. The van der Waals surface area contributed by atoms with Crippen LogP contribution in [0.5, 0.6) is 5.75 Å².